The predicted molar refractivity (Wildman–Crippen MR) is 137 cm³/mol. The highest BCUT2D eigenvalue weighted by atomic mass is 32.2. The minimum Gasteiger partial charge on any atom is -0.497 e. The second kappa shape index (κ2) is 9.74. The summed E-state index contributed by atoms with van der Waals surface area (Å²) in [5.41, 5.74) is 1.83. The SMILES string of the molecule is COc1ccc(N(C(C)=O)c2nc(/C=C3\SC(=S)N(c4ccccc4OC)C3=O)cs2)cc1. The van der Waals surface area contributed by atoms with Crippen LogP contribution in [0.25, 0.3) is 6.08 Å². The van der Waals surface area contributed by atoms with Gasteiger partial charge in [0.15, 0.2) is 9.45 Å². The van der Waals surface area contributed by atoms with Crippen molar-refractivity contribution in [2.45, 2.75) is 6.92 Å². The number of thiocarbonyl (C=S) groups is 1. The van der Waals surface area contributed by atoms with Crippen LogP contribution in [0.5, 0.6) is 11.5 Å². The fourth-order valence-electron chi connectivity index (χ4n) is 3.23. The lowest BCUT2D eigenvalue weighted by Gasteiger charge is -2.18. The molecule has 2 aromatic carbocycles. The number of thiazole rings is 1. The van der Waals surface area contributed by atoms with Gasteiger partial charge in [0.25, 0.3) is 5.91 Å². The van der Waals surface area contributed by atoms with Gasteiger partial charge in [0.1, 0.15) is 11.5 Å². The quantitative estimate of drug-likeness (QED) is 0.340. The van der Waals surface area contributed by atoms with E-state index >= 15 is 0 Å². The molecule has 0 N–H and O–H groups in total. The van der Waals surface area contributed by atoms with Gasteiger partial charge in [-0.25, -0.2) is 4.98 Å². The van der Waals surface area contributed by atoms with Gasteiger partial charge in [-0.05, 0) is 42.5 Å². The van der Waals surface area contributed by atoms with Gasteiger partial charge >= 0.3 is 0 Å². The molecule has 10 heteroatoms. The number of hydrogen-bond acceptors (Lipinski definition) is 8. The van der Waals surface area contributed by atoms with Crippen LogP contribution in [0.1, 0.15) is 12.6 Å². The number of amides is 2. The third kappa shape index (κ3) is 4.63. The fourth-order valence-corrected chi connectivity index (χ4v) is 5.34. The molecule has 1 fully saturated rings. The monoisotopic (exact) mass is 497 g/mol. The number of methoxy groups -OCH3 is 2. The number of anilines is 3. The number of hydrogen-bond donors (Lipinski definition) is 0. The first-order valence-corrected chi connectivity index (χ1v) is 11.8. The topological polar surface area (TPSA) is 72.0 Å². The van der Waals surface area contributed by atoms with Crippen molar-refractivity contribution in [3.63, 3.8) is 0 Å². The van der Waals surface area contributed by atoms with Gasteiger partial charge < -0.3 is 9.47 Å². The maximum atomic E-state index is 13.1. The molecule has 0 saturated carbocycles. The maximum absolute atomic E-state index is 13.1. The summed E-state index contributed by atoms with van der Waals surface area (Å²) < 4.78 is 11.0. The van der Waals surface area contributed by atoms with E-state index in [0.29, 0.717) is 42.9 Å². The van der Waals surface area contributed by atoms with Crippen molar-refractivity contribution in [1.82, 2.24) is 4.98 Å². The van der Waals surface area contributed by atoms with Crippen molar-refractivity contribution < 1.29 is 19.1 Å². The van der Waals surface area contributed by atoms with Gasteiger partial charge in [0, 0.05) is 12.3 Å². The molecule has 4 rings (SSSR count). The molecule has 168 valence electrons. The number of carbonyl (C=O) groups is 2. The lowest BCUT2D eigenvalue weighted by molar-refractivity contribution is -0.116. The Morgan fingerprint density at radius 2 is 1.85 bits per heavy atom. The van der Waals surface area contributed by atoms with E-state index in [2.05, 4.69) is 4.98 Å². The van der Waals surface area contributed by atoms with Crippen LogP contribution >= 0.6 is 35.3 Å². The zero-order chi connectivity index (χ0) is 23.5. The van der Waals surface area contributed by atoms with Crippen LogP contribution in [0.15, 0.2) is 58.8 Å². The molecule has 7 nitrogen and oxygen atoms in total. The van der Waals surface area contributed by atoms with Crippen molar-refractivity contribution >= 4 is 74.0 Å². The van der Waals surface area contributed by atoms with E-state index in [1.54, 1.807) is 62.1 Å². The van der Waals surface area contributed by atoms with Crippen LogP contribution < -0.4 is 19.3 Å². The molecule has 1 aromatic heterocycles. The van der Waals surface area contributed by atoms with Crippen molar-refractivity contribution in [3.05, 3.63) is 64.5 Å². The molecular formula is C23H19N3O4S3. The van der Waals surface area contributed by atoms with E-state index in [1.807, 2.05) is 12.1 Å². The van der Waals surface area contributed by atoms with E-state index in [4.69, 9.17) is 21.7 Å². The van der Waals surface area contributed by atoms with Crippen LogP contribution in [0, 0.1) is 0 Å². The van der Waals surface area contributed by atoms with Crippen LogP contribution in [0.3, 0.4) is 0 Å². The molecule has 1 aliphatic rings. The Labute approximate surface area is 204 Å². The third-order valence-corrected chi connectivity index (χ3v) is 6.89. The van der Waals surface area contributed by atoms with Gasteiger partial charge in [-0.15, -0.1) is 11.3 Å². The highest BCUT2D eigenvalue weighted by Crippen LogP contribution is 2.40. The normalized spacial score (nSPS) is 14.6. The van der Waals surface area contributed by atoms with Crippen LogP contribution in [-0.4, -0.2) is 35.3 Å². The number of benzene rings is 2. The minimum atomic E-state index is -0.248. The molecule has 0 spiro atoms. The van der Waals surface area contributed by atoms with E-state index in [-0.39, 0.29) is 11.8 Å². The summed E-state index contributed by atoms with van der Waals surface area (Å²) in [6.07, 6.45) is 1.68. The fraction of sp³-hybridized carbons (Fsp3) is 0.130. The number of ether oxygens (including phenoxy) is 2. The average molecular weight is 498 g/mol. The Bertz CT molecular complexity index is 1250. The lowest BCUT2D eigenvalue weighted by Crippen LogP contribution is -2.27. The van der Waals surface area contributed by atoms with Crippen LogP contribution in [0.2, 0.25) is 0 Å². The van der Waals surface area contributed by atoms with E-state index in [0.717, 1.165) is 0 Å². The Morgan fingerprint density at radius 1 is 1.12 bits per heavy atom. The summed E-state index contributed by atoms with van der Waals surface area (Å²) in [5, 5.41) is 2.30. The molecule has 2 heterocycles. The molecule has 2 amide bonds. The van der Waals surface area contributed by atoms with Gasteiger partial charge in [0.2, 0.25) is 5.91 Å². The zero-order valence-corrected chi connectivity index (χ0v) is 20.4. The largest absolute Gasteiger partial charge is 0.497 e. The van der Waals surface area contributed by atoms with Crippen LogP contribution in [-0.2, 0) is 9.59 Å². The zero-order valence-electron chi connectivity index (χ0n) is 18.0. The number of carbonyl (C=O) groups excluding carboxylic acids is 2. The summed E-state index contributed by atoms with van der Waals surface area (Å²) in [5.74, 6) is 0.827. The molecule has 0 bridgehead atoms. The Balaban J connectivity index is 1.62. The number of aromatic nitrogens is 1. The summed E-state index contributed by atoms with van der Waals surface area (Å²) in [6, 6.07) is 14.4. The maximum Gasteiger partial charge on any atom is 0.270 e. The third-order valence-electron chi connectivity index (χ3n) is 4.75. The molecule has 1 saturated heterocycles. The second-order valence-electron chi connectivity index (χ2n) is 6.80. The minimum absolute atomic E-state index is 0.177. The summed E-state index contributed by atoms with van der Waals surface area (Å²) >= 11 is 7.97. The summed E-state index contributed by atoms with van der Waals surface area (Å²) in [7, 11) is 3.13. The average Bonchev–Trinajstić information content (AvgIpc) is 3.38. The molecule has 0 atom stereocenters. The molecule has 1 aliphatic heterocycles. The predicted octanol–water partition coefficient (Wildman–Crippen LogP) is 5.25. The molecule has 0 radical (unpaired) electrons. The number of thioether (sulfide) groups is 1. The lowest BCUT2D eigenvalue weighted by atomic mass is 10.2. The molecule has 0 aliphatic carbocycles. The summed E-state index contributed by atoms with van der Waals surface area (Å²) in [6.45, 7) is 1.48. The highest BCUT2D eigenvalue weighted by molar-refractivity contribution is 8.27. The molecule has 33 heavy (non-hydrogen) atoms. The first-order chi connectivity index (χ1) is 15.9. The Kier molecular flexibility index (Phi) is 6.77. The van der Waals surface area contributed by atoms with Gasteiger partial charge in [0.05, 0.1) is 36.2 Å². The van der Waals surface area contributed by atoms with Crippen molar-refractivity contribution in [1.29, 1.82) is 0 Å². The van der Waals surface area contributed by atoms with Gasteiger partial charge in [-0.1, -0.05) is 36.1 Å². The van der Waals surface area contributed by atoms with Gasteiger partial charge in [-0.2, -0.15) is 0 Å². The van der Waals surface area contributed by atoms with Crippen molar-refractivity contribution in [3.8, 4) is 11.5 Å². The first-order valence-electron chi connectivity index (χ1n) is 9.74. The van der Waals surface area contributed by atoms with E-state index in [1.165, 1.54) is 39.8 Å². The number of para-hydroxylation sites is 2. The Morgan fingerprint density at radius 3 is 2.52 bits per heavy atom. The summed E-state index contributed by atoms with van der Waals surface area (Å²) in [4.78, 5) is 33.5. The molecule has 0 unspecified atom stereocenters. The standard InChI is InChI=1S/C23H19N3O4S3/c1-14(27)25(16-8-10-17(29-2)11-9-16)22-24-15(13-32-22)12-20-21(28)26(23(31)33-20)18-6-4-5-7-19(18)30-3/h4-13H,1-3H3/b20-12-. The van der Waals surface area contributed by atoms with E-state index < -0.39 is 0 Å². The second-order valence-corrected chi connectivity index (χ2v) is 9.31. The first kappa shape index (κ1) is 23.0. The van der Waals surface area contributed by atoms with Crippen LogP contribution in [0.4, 0.5) is 16.5 Å². The highest BCUT2D eigenvalue weighted by Gasteiger charge is 2.35. The molecule has 3 aromatic rings. The molecular weight excluding hydrogens is 478 g/mol. The van der Waals surface area contributed by atoms with E-state index in [9.17, 15) is 9.59 Å². The number of rotatable bonds is 6. The number of nitrogens with zero attached hydrogens (tertiary/aromatic N) is 3. The van der Waals surface area contributed by atoms with Crippen molar-refractivity contribution in [2.75, 3.05) is 24.0 Å². The van der Waals surface area contributed by atoms with Crippen molar-refractivity contribution in [2.24, 2.45) is 0 Å². The Hall–Kier alpha value is -3.21. The van der Waals surface area contributed by atoms with Gasteiger partial charge in [-0.3, -0.25) is 19.4 Å². The smallest absolute Gasteiger partial charge is 0.270 e.